The van der Waals surface area contributed by atoms with Crippen molar-refractivity contribution in [1.29, 1.82) is 0 Å². The van der Waals surface area contributed by atoms with Crippen LogP contribution in [0.2, 0.25) is 0 Å². The number of amidine groups is 1. The Hall–Kier alpha value is -2.16. The number of morpholine rings is 1. The quantitative estimate of drug-likeness (QED) is 0.736. The minimum Gasteiger partial charge on any atom is -0.379 e. The van der Waals surface area contributed by atoms with Gasteiger partial charge in [-0.15, -0.1) is 0 Å². The van der Waals surface area contributed by atoms with Gasteiger partial charge in [-0.1, -0.05) is 12.1 Å². The molecule has 1 N–H and O–H groups in total. The maximum atomic E-state index is 12.2. The Bertz CT molecular complexity index is 806. The Morgan fingerprint density at radius 3 is 2.52 bits per heavy atom. The lowest BCUT2D eigenvalue weighted by Crippen LogP contribution is -2.40. The average Bonchev–Trinajstić information content (AvgIpc) is 3.09. The molecule has 0 radical (unpaired) electrons. The number of hydrogen-bond acceptors (Lipinski definition) is 7. The number of ketones is 1. The first-order valence-corrected chi connectivity index (χ1v) is 10.9. The number of Topliss-reactive ketones (excluding diaryl/α,β-unsaturated/α-hetero) is 1. The zero-order chi connectivity index (χ0) is 20.1. The Morgan fingerprint density at radius 2 is 1.79 bits per heavy atom. The highest BCUT2D eigenvalue weighted by Crippen LogP contribution is 2.28. The smallest absolute Gasteiger partial charge is 0.286 e. The predicted molar refractivity (Wildman–Crippen MR) is 116 cm³/mol. The van der Waals surface area contributed by atoms with Crippen LogP contribution in [0, 0.1) is 0 Å². The van der Waals surface area contributed by atoms with E-state index in [2.05, 4.69) is 32.2 Å². The second-order valence-electron chi connectivity index (χ2n) is 7.33. The molecule has 1 aromatic rings. The van der Waals surface area contributed by atoms with Crippen molar-refractivity contribution >= 4 is 40.4 Å². The fourth-order valence-electron chi connectivity index (χ4n) is 3.58. The molecule has 3 aliphatic heterocycles. The van der Waals surface area contributed by atoms with Gasteiger partial charge in [0.05, 0.1) is 18.1 Å². The number of aliphatic imine (C=N–C) groups is 1. The second-order valence-corrected chi connectivity index (χ2v) is 8.36. The number of nitrogens with one attached hydrogen (secondary N) is 1. The number of carbonyl (C=O) groups is 2. The predicted octanol–water partition coefficient (Wildman–Crippen LogP) is 1.75. The number of piperidine rings is 1. The second kappa shape index (κ2) is 9.56. The maximum absolute atomic E-state index is 12.2. The molecule has 8 heteroatoms. The third-order valence-corrected chi connectivity index (χ3v) is 6.25. The van der Waals surface area contributed by atoms with E-state index in [4.69, 9.17) is 4.74 Å². The van der Waals surface area contributed by atoms with Crippen LogP contribution in [0.15, 0.2) is 34.2 Å². The highest BCUT2D eigenvalue weighted by Gasteiger charge is 2.22. The fraction of sp³-hybridized carbons (Fsp3) is 0.476. The molecule has 4 rings (SSSR count). The van der Waals surface area contributed by atoms with Crippen LogP contribution in [0.1, 0.15) is 18.4 Å². The van der Waals surface area contributed by atoms with Crippen molar-refractivity contribution in [2.75, 3.05) is 57.4 Å². The van der Waals surface area contributed by atoms with Gasteiger partial charge in [-0.3, -0.25) is 14.5 Å². The van der Waals surface area contributed by atoms with E-state index < -0.39 is 0 Å². The van der Waals surface area contributed by atoms with Gasteiger partial charge in [0.25, 0.3) is 5.91 Å². The Morgan fingerprint density at radius 1 is 1.07 bits per heavy atom. The van der Waals surface area contributed by atoms with Crippen molar-refractivity contribution in [3.05, 3.63) is 34.7 Å². The van der Waals surface area contributed by atoms with Crippen LogP contribution >= 0.6 is 11.8 Å². The highest BCUT2D eigenvalue weighted by molar-refractivity contribution is 8.18. The van der Waals surface area contributed by atoms with E-state index in [-0.39, 0.29) is 5.91 Å². The first-order chi connectivity index (χ1) is 14.2. The summed E-state index contributed by atoms with van der Waals surface area (Å²) in [5.74, 6) is 0.149. The van der Waals surface area contributed by atoms with Crippen LogP contribution in [0.4, 0.5) is 5.69 Å². The summed E-state index contributed by atoms with van der Waals surface area (Å²) in [5, 5.41) is 3.94. The number of carbonyl (C=O) groups excluding carboxylic acids is 2. The van der Waals surface area contributed by atoms with Gasteiger partial charge in [0.15, 0.2) is 5.17 Å². The van der Waals surface area contributed by atoms with Crippen LogP contribution in [0.5, 0.6) is 0 Å². The number of hydrogen-bond donors (Lipinski definition) is 1. The Kier molecular flexibility index (Phi) is 6.63. The third kappa shape index (κ3) is 5.46. The summed E-state index contributed by atoms with van der Waals surface area (Å²) in [6.07, 6.45) is 3.13. The van der Waals surface area contributed by atoms with Gasteiger partial charge in [0.1, 0.15) is 5.78 Å². The third-order valence-electron chi connectivity index (χ3n) is 5.31. The van der Waals surface area contributed by atoms with Gasteiger partial charge >= 0.3 is 0 Å². The molecule has 0 spiro atoms. The van der Waals surface area contributed by atoms with Gasteiger partial charge in [0.2, 0.25) is 0 Å². The number of thioether (sulfide) groups is 1. The van der Waals surface area contributed by atoms with Gasteiger partial charge in [0, 0.05) is 57.8 Å². The lowest BCUT2D eigenvalue weighted by atomic mass is 10.1. The molecule has 154 valence electrons. The zero-order valence-corrected chi connectivity index (χ0v) is 17.2. The molecular weight excluding hydrogens is 388 g/mol. The van der Waals surface area contributed by atoms with E-state index in [1.54, 1.807) is 0 Å². The zero-order valence-electron chi connectivity index (χ0n) is 16.4. The number of ether oxygens (including phenoxy) is 1. The van der Waals surface area contributed by atoms with E-state index in [9.17, 15) is 9.59 Å². The first kappa shape index (κ1) is 20.1. The molecule has 0 unspecified atom stereocenters. The Balaban J connectivity index is 1.28. The lowest BCUT2D eigenvalue weighted by Gasteiger charge is -2.28. The van der Waals surface area contributed by atoms with E-state index in [1.807, 2.05) is 18.2 Å². The molecule has 29 heavy (non-hydrogen) atoms. The number of amides is 1. The lowest BCUT2D eigenvalue weighted by molar-refractivity contribution is -0.119. The van der Waals surface area contributed by atoms with E-state index in [0.29, 0.717) is 28.7 Å². The monoisotopic (exact) mass is 414 g/mol. The summed E-state index contributed by atoms with van der Waals surface area (Å²) < 4.78 is 5.35. The van der Waals surface area contributed by atoms with Crippen LogP contribution in [-0.2, 0) is 14.3 Å². The number of rotatable bonds is 5. The summed E-state index contributed by atoms with van der Waals surface area (Å²) >= 11 is 1.39. The van der Waals surface area contributed by atoms with Crippen LogP contribution in [0.3, 0.4) is 0 Å². The van der Waals surface area contributed by atoms with Crippen molar-refractivity contribution in [1.82, 2.24) is 10.2 Å². The highest BCUT2D eigenvalue weighted by atomic mass is 32.2. The van der Waals surface area contributed by atoms with Crippen molar-refractivity contribution in [2.45, 2.75) is 12.8 Å². The number of anilines is 1. The Labute approximate surface area is 175 Å². The van der Waals surface area contributed by atoms with Gasteiger partial charge < -0.3 is 15.0 Å². The van der Waals surface area contributed by atoms with Gasteiger partial charge in [-0.25, -0.2) is 0 Å². The summed E-state index contributed by atoms with van der Waals surface area (Å²) in [6.45, 7) is 6.72. The molecule has 0 aliphatic carbocycles. The van der Waals surface area contributed by atoms with E-state index in [0.717, 1.165) is 63.7 Å². The average molecular weight is 415 g/mol. The molecule has 1 aromatic carbocycles. The van der Waals surface area contributed by atoms with E-state index in [1.165, 1.54) is 11.8 Å². The normalized spacial score (nSPS) is 22.3. The maximum Gasteiger partial charge on any atom is 0.286 e. The molecule has 2 saturated heterocycles. The molecule has 3 heterocycles. The minimum absolute atomic E-state index is 0.192. The standard InChI is InChI=1S/C21H26N4O3S/c26-18-5-8-25(9-6-18)17-3-1-16(2-4-17)15-19-20(27)23-21(29-19)22-7-10-24-11-13-28-14-12-24/h1-4,15H,5-14H2,(H,22,23,27)/b19-15+. The molecular formula is C21H26N4O3S. The first-order valence-electron chi connectivity index (χ1n) is 10.1. The summed E-state index contributed by atoms with van der Waals surface area (Å²) in [7, 11) is 0. The molecule has 7 nitrogen and oxygen atoms in total. The van der Waals surface area contributed by atoms with Crippen molar-refractivity contribution in [3.8, 4) is 0 Å². The van der Waals surface area contributed by atoms with E-state index >= 15 is 0 Å². The molecule has 1 amide bonds. The molecule has 2 fully saturated rings. The van der Waals surface area contributed by atoms with Crippen molar-refractivity contribution in [2.24, 2.45) is 4.99 Å². The summed E-state index contributed by atoms with van der Waals surface area (Å²) in [5.41, 5.74) is 2.09. The van der Waals surface area contributed by atoms with Gasteiger partial charge in [-0.2, -0.15) is 4.99 Å². The van der Waals surface area contributed by atoms with Crippen molar-refractivity contribution < 1.29 is 14.3 Å². The summed E-state index contributed by atoms with van der Waals surface area (Å²) in [4.78, 5) is 32.9. The molecule has 0 aromatic heterocycles. The molecule has 0 saturated carbocycles. The van der Waals surface area contributed by atoms with Crippen LogP contribution < -0.4 is 10.2 Å². The largest absolute Gasteiger partial charge is 0.379 e. The topological polar surface area (TPSA) is 74.2 Å². The van der Waals surface area contributed by atoms with Crippen molar-refractivity contribution in [3.63, 3.8) is 0 Å². The number of benzene rings is 1. The number of nitrogens with zero attached hydrogens (tertiary/aromatic N) is 3. The van der Waals surface area contributed by atoms with Crippen LogP contribution in [0.25, 0.3) is 6.08 Å². The SMILES string of the molecule is O=C1CCN(c2ccc(/C=C3/SC(NCCN4CCOCC4)=NC3=O)cc2)CC1. The fourth-order valence-corrected chi connectivity index (χ4v) is 4.42. The molecule has 0 atom stereocenters. The summed E-state index contributed by atoms with van der Waals surface area (Å²) in [6, 6.07) is 8.12. The molecule has 3 aliphatic rings. The molecule has 0 bridgehead atoms. The van der Waals surface area contributed by atoms with Gasteiger partial charge in [-0.05, 0) is 35.5 Å². The minimum atomic E-state index is -0.192. The van der Waals surface area contributed by atoms with Crippen LogP contribution in [-0.4, -0.2) is 74.2 Å².